The molecule has 10 heteroatoms. The van der Waals surface area contributed by atoms with Crippen LogP contribution in [0, 0.1) is 0 Å². The van der Waals surface area contributed by atoms with Gasteiger partial charge in [-0.25, -0.2) is 0 Å². The number of amides is 1. The fraction of sp³-hybridized carbons (Fsp3) is 0.526. The van der Waals surface area contributed by atoms with Crippen molar-refractivity contribution in [1.82, 2.24) is 14.8 Å². The molecule has 0 radical (unpaired) electrons. The Hall–Kier alpha value is -2.46. The summed E-state index contributed by atoms with van der Waals surface area (Å²) in [6.07, 6.45) is 1.60. The number of hydrogen-bond donors (Lipinski definition) is 1. The second-order valence-electron chi connectivity index (χ2n) is 6.34. The molecule has 0 bridgehead atoms. The van der Waals surface area contributed by atoms with Gasteiger partial charge in [-0.1, -0.05) is 11.8 Å². The summed E-state index contributed by atoms with van der Waals surface area (Å²) in [5.74, 6) is 1.40. The number of morpholine rings is 1. The Morgan fingerprint density at radius 2 is 1.93 bits per heavy atom. The van der Waals surface area contributed by atoms with E-state index in [1.807, 2.05) is 33.0 Å². The molecule has 0 saturated carbocycles. The lowest BCUT2D eigenvalue weighted by molar-refractivity contribution is -0.113. The second kappa shape index (κ2) is 10.4. The lowest BCUT2D eigenvalue weighted by Crippen LogP contribution is -2.36. The monoisotopic (exact) mass is 421 g/mol. The van der Waals surface area contributed by atoms with Crippen molar-refractivity contribution < 1.29 is 19.0 Å². The Morgan fingerprint density at radius 3 is 2.59 bits per heavy atom. The molecular formula is C19H27N5O4S. The molecule has 29 heavy (non-hydrogen) atoms. The zero-order valence-electron chi connectivity index (χ0n) is 17.0. The highest BCUT2D eigenvalue weighted by Crippen LogP contribution is 2.39. The Balaban J connectivity index is 1.79. The molecule has 0 unspecified atom stereocenters. The van der Waals surface area contributed by atoms with E-state index in [4.69, 9.17) is 14.2 Å². The number of nitrogens with one attached hydrogen (secondary N) is 1. The topological polar surface area (TPSA) is 90.7 Å². The molecule has 158 valence electrons. The van der Waals surface area contributed by atoms with Crippen LogP contribution >= 0.6 is 11.8 Å². The predicted octanol–water partition coefficient (Wildman–Crippen LogP) is 2.18. The number of hydrogen-bond acceptors (Lipinski definition) is 8. The van der Waals surface area contributed by atoms with E-state index in [9.17, 15) is 4.79 Å². The van der Waals surface area contributed by atoms with E-state index in [0.717, 1.165) is 18.8 Å². The zero-order chi connectivity index (χ0) is 20.6. The summed E-state index contributed by atoms with van der Waals surface area (Å²) in [5, 5.41) is 11.4. The van der Waals surface area contributed by atoms with Gasteiger partial charge >= 0.3 is 0 Å². The first-order chi connectivity index (χ1) is 14.1. The number of carbonyl (C=O) groups excluding carboxylic acids is 1. The molecule has 1 fully saturated rings. The van der Waals surface area contributed by atoms with Crippen molar-refractivity contribution in [2.24, 2.45) is 7.05 Å². The third-order valence-corrected chi connectivity index (χ3v) is 5.32. The van der Waals surface area contributed by atoms with Crippen LogP contribution in [0.1, 0.15) is 13.8 Å². The number of anilines is 2. The van der Waals surface area contributed by atoms with Gasteiger partial charge in [0.15, 0.2) is 5.16 Å². The van der Waals surface area contributed by atoms with Gasteiger partial charge in [0, 0.05) is 32.3 Å². The quantitative estimate of drug-likeness (QED) is 0.616. The van der Waals surface area contributed by atoms with E-state index >= 15 is 0 Å². The Morgan fingerprint density at radius 1 is 1.21 bits per heavy atom. The molecule has 2 aromatic rings. The summed E-state index contributed by atoms with van der Waals surface area (Å²) >= 11 is 1.32. The smallest absolute Gasteiger partial charge is 0.234 e. The minimum Gasteiger partial charge on any atom is -0.492 e. The van der Waals surface area contributed by atoms with E-state index in [-0.39, 0.29) is 11.7 Å². The molecule has 1 aromatic heterocycles. The normalized spacial score (nSPS) is 14.0. The summed E-state index contributed by atoms with van der Waals surface area (Å²) in [5.41, 5.74) is 1.54. The Kier molecular flexibility index (Phi) is 7.59. The molecule has 1 amide bonds. The van der Waals surface area contributed by atoms with Gasteiger partial charge in [-0.2, -0.15) is 0 Å². The van der Waals surface area contributed by atoms with Crippen LogP contribution in [0.25, 0.3) is 0 Å². The minimum atomic E-state index is -0.152. The number of nitrogens with zero attached hydrogens (tertiary/aromatic N) is 4. The zero-order valence-corrected chi connectivity index (χ0v) is 17.8. The summed E-state index contributed by atoms with van der Waals surface area (Å²) in [7, 11) is 1.84. The van der Waals surface area contributed by atoms with Crippen molar-refractivity contribution in [2.75, 3.05) is 55.5 Å². The van der Waals surface area contributed by atoms with Gasteiger partial charge in [-0.3, -0.25) is 4.79 Å². The van der Waals surface area contributed by atoms with Crippen LogP contribution in [-0.4, -0.2) is 65.9 Å². The molecule has 0 spiro atoms. The van der Waals surface area contributed by atoms with Crippen molar-refractivity contribution in [1.29, 1.82) is 0 Å². The maximum absolute atomic E-state index is 12.5. The fourth-order valence-electron chi connectivity index (χ4n) is 2.96. The standard InChI is InChI=1S/C19H27N5O4S/c1-4-27-16-11-15(24-6-8-26-9-7-24)17(28-5-2)10-14(16)21-18(25)12-29-19-22-20-13-23(19)3/h10-11,13H,4-9,12H2,1-3H3,(H,21,25). The van der Waals surface area contributed by atoms with Gasteiger partial charge in [0.2, 0.25) is 5.91 Å². The number of aryl methyl sites for hydroxylation is 1. The maximum Gasteiger partial charge on any atom is 0.234 e. The molecule has 1 saturated heterocycles. The van der Waals surface area contributed by atoms with E-state index in [1.54, 1.807) is 10.9 Å². The highest BCUT2D eigenvalue weighted by atomic mass is 32.2. The number of carbonyl (C=O) groups is 1. The average molecular weight is 422 g/mol. The first kappa shape index (κ1) is 21.3. The lowest BCUT2D eigenvalue weighted by atomic mass is 10.2. The van der Waals surface area contributed by atoms with Crippen LogP contribution in [0.5, 0.6) is 11.5 Å². The molecule has 1 N–H and O–H groups in total. The van der Waals surface area contributed by atoms with Crippen molar-refractivity contribution in [3.8, 4) is 11.5 Å². The largest absolute Gasteiger partial charge is 0.492 e. The van der Waals surface area contributed by atoms with Crippen LogP contribution in [0.3, 0.4) is 0 Å². The van der Waals surface area contributed by atoms with Crippen molar-refractivity contribution >= 4 is 29.0 Å². The van der Waals surface area contributed by atoms with Crippen LogP contribution in [0.15, 0.2) is 23.6 Å². The summed E-state index contributed by atoms with van der Waals surface area (Å²) in [6, 6.07) is 3.77. The lowest BCUT2D eigenvalue weighted by Gasteiger charge is -2.31. The number of benzene rings is 1. The third-order valence-electron chi connectivity index (χ3n) is 4.29. The number of ether oxygens (including phenoxy) is 3. The third kappa shape index (κ3) is 5.54. The number of aromatic nitrogens is 3. The van der Waals surface area contributed by atoms with Gasteiger partial charge in [0.1, 0.15) is 17.8 Å². The van der Waals surface area contributed by atoms with E-state index in [2.05, 4.69) is 20.4 Å². The van der Waals surface area contributed by atoms with Crippen molar-refractivity contribution in [2.45, 2.75) is 19.0 Å². The molecule has 0 aliphatic carbocycles. The van der Waals surface area contributed by atoms with Crippen LogP contribution in [-0.2, 0) is 16.6 Å². The number of thioether (sulfide) groups is 1. The van der Waals surface area contributed by atoms with Crippen molar-refractivity contribution in [3.63, 3.8) is 0 Å². The van der Waals surface area contributed by atoms with E-state index in [1.165, 1.54) is 11.8 Å². The molecule has 2 heterocycles. The Bertz CT molecular complexity index is 823. The van der Waals surface area contributed by atoms with Crippen LogP contribution in [0.4, 0.5) is 11.4 Å². The maximum atomic E-state index is 12.5. The van der Waals surface area contributed by atoms with Crippen LogP contribution in [0.2, 0.25) is 0 Å². The minimum absolute atomic E-state index is 0.152. The summed E-state index contributed by atoms with van der Waals surface area (Å²) < 4.78 is 18.9. The molecular weight excluding hydrogens is 394 g/mol. The summed E-state index contributed by atoms with van der Waals surface area (Å²) in [4.78, 5) is 14.7. The van der Waals surface area contributed by atoms with E-state index in [0.29, 0.717) is 48.8 Å². The van der Waals surface area contributed by atoms with Crippen LogP contribution < -0.4 is 19.7 Å². The van der Waals surface area contributed by atoms with Gasteiger partial charge in [-0.15, -0.1) is 10.2 Å². The predicted molar refractivity (Wildman–Crippen MR) is 112 cm³/mol. The number of rotatable bonds is 9. The second-order valence-corrected chi connectivity index (χ2v) is 7.29. The van der Waals surface area contributed by atoms with E-state index < -0.39 is 0 Å². The molecule has 1 aliphatic heterocycles. The molecule has 3 rings (SSSR count). The summed E-state index contributed by atoms with van der Waals surface area (Å²) in [6.45, 7) is 7.79. The molecule has 1 aliphatic rings. The first-order valence-electron chi connectivity index (χ1n) is 9.65. The van der Waals surface area contributed by atoms with Gasteiger partial charge < -0.3 is 29.0 Å². The highest BCUT2D eigenvalue weighted by Gasteiger charge is 2.20. The van der Waals surface area contributed by atoms with Gasteiger partial charge in [-0.05, 0) is 13.8 Å². The van der Waals surface area contributed by atoms with Crippen molar-refractivity contribution in [3.05, 3.63) is 18.5 Å². The first-order valence-corrected chi connectivity index (χ1v) is 10.6. The van der Waals surface area contributed by atoms with Gasteiger partial charge in [0.05, 0.1) is 43.6 Å². The van der Waals surface area contributed by atoms with Gasteiger partial charge in [0.25, 0.3) is 0 Å². The SMILES string of the molecule is CCOc1cc(N2CCOCC2)c(OCC)cc1NC(=O)CSc1nncn1C. The average Bonchev–Trinajstić information content (AvgIpc) is 3.14. The molecule has 9 nitrogen and oxygen atoms in total. The highest BCUT2D eigenvalue weighted by molar-refractivity contribution is 7.99. The Labute approximate surface area is 174 Å². The molecule has 0 atom stereocenters. The molecule has 1 aromatic carbocycles. The fourth-order valence-corrected chi connectivity index (χ4v) is 3.65.